The van der Waals surface area contributed by atoms with Crippen molar-refractivity contribution in [2.45, 2.75) is 44.9 Å². The molecule has 12 N–H and O–H groups in total. The summed E-state index contributed by atoms with van der Waals surface area (Å²) >= 11 is 0. The summed E-state index contributed by atoms with van der Waals surface area (Å²) in [6, 6.07) is 49.8. The molecule has 82 heavy (non-hydrogen) atoms. The van der Waals surface area contributed by atoms with Crippen LogP contribution in [0.1, 0.15) is 77.9 Å². The van der Waals surface area contributed by atoms with E-state index in [1.807, 2.05) is 12.1 Å². The number of phenols is 12. The van der Waals surface area contributed by atoms with Gasteiger partial charge in [0.05, 0.1) is 0 Å². The molecular weight excluding hydrogens is 1040 g/mol. The van der Waals surface area contributed by atoms with Crippen LogP contribution < -0.4 is 4.74 Å². The molecule has 0 fully saturated rings. The zero-order valence-electron chi connectivity index (χ0n) is 44.0. The number of rotatable bonds is 16. The number of ether oxygens (including phenoxy) is 1. The summed E-state index contributed by atoms with van der Waals surface area (Å²) in [5, 5.41) is 135. The molecule has 0 radical (unpaired) electrons. The van der Waals surface area contributed by atoms with Crippen LogP contribution in [-0.2, 0) is 44.9 Å². The molecule has 0 saturated heterocycles. The fraction of sp³-hybridized carbons (Fsp3) is 0.101. The summed E-state index contributed by atoms with van der Waals surface area (Å²) in [4.78, 5) is 0. The van der Waals surface area contributed by atoms with Crippen LogP contribution in [0.25, 0.3) is 21.5 Å². The molecule has 0 unspecified atom stereocenters. The van der Waals surface area contributed by atoms with Crippen molar-refractivity contribution >= 4 is 21.5 Å². The van der Waals surface area contributed by atoms with Gasteiger partial charge in [0, 0.05) is 65.1 Å². The number of aromatic hydroxyl groups is 12. The van der Waals surface area contributed by atoms with Crippen molar-refractivity contribution in [1.82, 2.24) is 0 Å². The lowest BCUT2D eigenvalue weighted by atomic mass is 9.84. The van der Waals surface area contributed by atoms with E-state index in [-0.39, 0.29) is 119 Å². The minimum absolute atomic E-state index is 0.0231. The van der Waals surface area contributed by atoms with Gasteiger partial charge < -0.3 is 66.0 Å². The second-order valence-electron chi connectivity index (χ2n) is 20.7. The summed E-state index contributed by atoms with van der Waals surface area (Å²) in [5.41, 5.74) is 8.41. The Balaban J connectivity index is 0.936. The maximum atomic E-state index is 12.3. The Bertz CT molecular complexity index is 4190. The Hall–Kier alpha value is -10.7. The molecule has 11 rings (SSSR count). The van der Waals surface area contributed by atoms with Gasteiger partial charge in [-0.3, -0.25) is 0 Å². The SMILES string of the molecule is Oc1ccc(Cc2cc3c(Cc4ccc(O)cc4)c(Cc4ccc(O)cc4)c(O)c(O)c3c(Cc3ccc(Oc4cc(Cc5c(O)ccc6c(Cc7cccc(O)c7)c(Cc7ccc(O)cc7)c(O)c(O)c56)ccc4O)cc3)c2O)cc1. The molecule has 0 spiro atoms. The van der Waals surface area contributed by atoms with E-state index in [0.717, 1.165) is 27.8 Å². The summed E-state index contributed by atoms with van der Waals surface area (Å²) in [6.07, 6.45) is 1.22. The Morgan fingerprint density at radius 1 is 0.256 bits per heavy atom. The van der Waals surface area contributed by atoms with E-state index in [1.54, 1.807) is 146 Å². The van der Waals surface area contributed by atoms with Gasteiger partial charge in [-0.25, -0.2) is 0 Å². The van der Waals surface area contributed by atoms with E-state index < -0.39 is 11.5 Å². The van der Waals surface area contributed by atoms with Crippen LogP contribution in [0.5, 0.6) is 80.5 Å². The molecule has 0 atom stereocenters. The lowest BCUT2D eigenvalue weighted by molar-refractivity contribution is 0.403. The highest BCUT2D eigenvalue weighted by Gasteiger charge is 2.27. The molecule has 13 nitrogen and oxygen atoms in total. The molecule has 11 aromatic rings. The highest BCUT2D eigenvalue weighted by molar-refractivity contribution is 6.00. The molecule has 0 aromatic heterocycles. The standard InChI is InChI=1S/C69H56O13/c70-46-15-4-38(5-16-46)28-45-37-55-54(30-39-6-17-47(71)18-7-39)57(32-41-10-21-49(73)22-11-41)67(79)69(81)64(55)59(65(45)77)33-42-12-23-51(24-13-42)82-62-36-44(14-26-61(62)76)35-58-60(75)27-25-52-53(34-43-2-1-3-50(74)29-43)56(66(78)68(80)63(52)58)31-40-8-19-48(72)20-9-40/h1-27,29,36-37,70-81H,28,30-35H2. The van der Waals surface area contributed by atoms with Crippen LogP contribution in [-0.4, -0.2) is 61.3 Å². The maximum absolute atomic E-state index is 12.3. The summed E-state index contributed by atoms with van der Waals surface area (Å²) < 4.78 is 6.29. The Kier molecular flexibility index (Phi) is 14.5. The predicted molar refractivity (Wildman–Crippen MR) is 313 cm³/mol. The van der Waals surface area contributed by atoms with E-state index in [1.165, 1.54) is 24.3 Å². The van der Waals surface area contributed by atoms with Crippen LogP contribution in [0.2, 0.25) is 0 Å². The average molecular weight is 1090 g/mol. The Morgan fingerprint density at radius 2 is 0.659 bits per heavy atom. The highest BCUT2D eigenvalue weighted by Crippen LogP contribution is 2.50. The number of hydrogen-bond donors (Lipinski definition) is 12. The normalized spacial score (nSPS) is 11.4. The minimum atomic E-state index is -0.438. The molecule has 11 aromatic carbocycles. The van der Waals surface area contributed by atoms with Crippen LogP contribution in [0, 0.1) is 0 Å². The molecule has 410 valence electrons. The summed E-state index contributed by atoms with van der Waals surface area (Å²) in [5.74, 6) is -1.30. The van der Waals surface area contributed by atoms with Crippen molar-refractivity contribution in [3.63, 3.8) is 0 Å². The van der Waals surface area contributed by atoms with E-state index in [2.05, 4.69) is 0 Å². The fourth-order valence-electron chi connectivity index (χ4n) is 11.0. The number of hydrogen-bond acceptors (Lipinski definition) is 13. The molecule has 0 aliphatic carbocycles. The lowest BCUT2D eigenvalue weighted by Crippen LogP contribution is -2.04. The molecule has 13 heteroatoms. The van der Waals surface area contributed by atoms with Crippen molar-refractivity contribution in [3.05, 3.63) is 260 Å². The second-order valence-corrected chi connectivity index (χ2v) is 20.7. The summed E-state index contributed by atoms with van der Waals surface area (Å²) in [7, 11) is 0. The number of benzene rings is 11. The topological polar surface area (TPSA) is 252 Å². The average Bonchev–Trinajstić information content (AvgIpc) is 1.73. The van der Waals surface area contributed by atoms with Crippen molar-refractivity contribution in [2.75, 3.05) is 0 Å². The zero-order chi connectivity index (χ0) is 57.3. The van der Waals surface area contributed by atoms with Crippen LogP contribution in [0.4, 0.5) is 0 Å². The third-order valence-corrected chi connectivity index (χ3v) is 15.2. The maximum Gasteiger partial charge on any atom is 0.169 e. The van der Waals surface area contributed by atoms with E-state index >= 15 is 0 Å². The van der Waals surface area contributed by atoms with Crippen LogP contribution in [0.3, 0.4) is 0 Å². The number of phenolic OH excluding ortho intramolecular Hbond substituents is 12. The van der Waals surface area contributed by atoms with Crippen molar-refractivity contribution in [3.8, 4) is 80.5 Å². The fourth-order valence-corrected chi connectivity index (χ4v) is 11.0. The first-order chi connectivity index (χ1) is 39.5. The molecule has 0 saturated carbocycles. The van der Waals surface area contributed by atoms with Gasteiger partial charge in [-0.05, 0) is 176 Å². The van der Waals surface area contributed by atoms with Crippen molar-refractivity contribution < 1.29 is 66.0 Å². The van der Waals surface area contributed by atoms with Crippen LogP contribution in [0.15, 0.2) is 182 Å². The van der Waals surface area contributed by atoms with E-state index in [0.29, 0.717) is 66.6 Å². The highest BCUT2D eigenvalue weighted by atomic mass is 16.5. The predicted octanol–water partition coefficient (Wildman–Crippen LogP) is 13.4. The van der Waals surface area contributed by atoms with Gasteiger partial charge in [0.15, 0.2) is 34.5 Å². The van der Waals surface area contributed by atoms with Crippen molar-refractivity contribution in [2.24, 2.45) is 0 Å². The van der Waals surface area contributed by atoms with Crippen LogP contribution >= 0.6 is 0 Å². The van der Waals surface area contributed by atoms with Gasteiger partial charge in [-0.2, -0.15) is 0 Å². The monoisotopic (exact) mass is 1090 g/mol. The number of fused-ring (bicyclic) bond motifs is 2. The third-order valence-electron chi connectivity index (χ3n) is 15.2. The first kappa shape index (κ1) is 53.3. The molecule has 0 bridgehead atoms. The van der Waals surface area contributed by atoms with Crippen molar-refractivity contribution in [1.29, 1.82) is 0 Å². The smallest absolute Gasteiger partial charge is 0.169 e. The van der Waals surface area contributed by atoms with Gasteiger partial charge in [0.2, 0.25) is 0 Å². The van der Waals surface area contributed by atoms with Gasteiger partial charge >= 0.3 is 0 Å². The first-order valence-corrected chi connectivity index (χ1v) is 26.4. The van der Waals surface area contributed by atoms with Gasteiger partial charge in [-0.15, -0.1) is 0 Å². The second kappa shape index (κ2) is 22.2. The van der Waals surface area contributed by atoms with E-state index in [9.17, 15) is 61.3 Å². The minimum Gasteiger partial charge on any atom is -0.508 e. The molecule has 0 aliphatic rings. The van der Waals surface area contributed by atoms with E-state index in [4.69, 9.17) is 4.74 Å². The quantitative estimate of drug-likeness (QED) is 0.0403. The van der Waals surface area contributed by atoms with Gasteiger partial charge in [0.1, 0.15) is 46.0 Å². The third kappa shape index (κ3) is 11.0. The molecular formula is C69H56O13. The first-order valence-electron chi connectivity index (χ1n) is 26.4. The Morgan fingerprint density at radius 3 is 1.18 bits per heavy atom. The van der Waals surface area contributed by atoms with Gasteiger partial charge in [-0.1, -0.05) is 84.9 Å². The largest absolute Gasteiger partial charge is 0.508 e. The summed E-state index contributed by atoms with van der Waals surface area (Å²) in [6.45, 7) is 0. The van der Waals surface area contributed by atoms with Gasteiger partial charge in [0.25, 0.3) is 0 Å². The molecule has 0 heterocycles. The lowest BCUT2D eigenvalue weighted by Gasteiger charge is -2.22. The molecule has 0 amide bonds. The molecule has 0 aliphatic heterocycles. The Labute approximate surface area is 470 Å². The zero-order valence-corrected chi connectivity index (χ0v) is 44.0.